The zero-order valence-electron chi connectivity index (χ0n) is 4.77. The van der Waals surface area contributed by atoms with Gasteiger partial charge in [0.15, 0.2) is 5.78 Å². The Morgan fingerprint density at radius 2 is 1.88 bits per heavy atom. The summed E-state index contributed by atoms with van der Waals surface area (Å²) in [5, 5.41) is 8.36. The molecule has 0 aromatic heterocycles. The zero-order valence-corrected chi connectivity index (χ0v) is 7.16. The number of hydrogen-bond acceptors (Lipinski definition) is 2. The number of hydrogen-bond donors (Lipinski definition) is 1. The van der Waals surface area contributed by atoms with Crippen molar-refractivity contribution in [3.63, 3.8) is 0 Å². The molecule has 8 heavy (non-hydrogen) atoms. The molecule has 0 unspecified atom stereocenters. The fourth-order valence-corrected chi connectivity index (χ4v) is 0.294. The van der Waals surface area contributed by atoms with Crippen LogP contribution in [0.15, 0.2) is 11.8 Å². The first-order valence-electron chi connectivity index (χ1n) is 2.01. The summed E-state index contributed by atoms with van der Waals surface area (Å²) in [5.74, 6) is -0.0625. The summed E-state index contributed by atoms with van der Waals surface area (Å²) in [5.41, 5.74) is 0. The van der Waals surface area contributed by atoms with Crippen LogP contribution in [0.3, 0.4) is 0 Å². The third-order valence-corrected chi connectivity index (χ3v) is 0.412. The fraction of sp³-hybridized carbons (Fsp3) is 0.400. The molecule has 1 N–H and O–H groups in total. The van der Waals surface area contributed by atoms with E-state index in [4.69, 9.17) is 5.11 Å². The van der Waals surface area contributed by atoms with Gasteiger partial charge in [-0.3, -0.25) is 4.79 Å². The number of rotatable bonds is 1. The Balaban J connectivity index is 0. The van der Waals surface area contributed by atoms with Crippen molar-refractivity contribution in [3.05, 3.63) is 11.8 Å². The molecular weight excluding hydrogens is 284 g/mol. The van der Waals surface area contributed by atoms with Crippen molar-refractivity contribution in [1.82, 2.24) is 0 Å². The van der Waals surface area contributed by atoms with E-state index < -0.39 is 0 Å². The molecule has 0 heterocycles. The van der Waals surface area contributed by atoms with Crippen LogP contribution in [-0.2, 0) is 24.9 Å². The number of allylic oxidation sites excluding steroid dienone is 2. The van der Waals surface area contributed by atoms with E-state index in [9.17, 15) is 4.79 Å². The zero-order chi connectivity index (χ0) is 5.86. The predicted octanol–water partition coefficient (Wildman–Crippen LogP) is 1.03. The molecule has 0 aromatic rings. The van der Waals surface area contributed by atoms with Crippen LogP contribution >= 0.6 is 0 Å². The molecule has 0 bridgehead atoms. The van der Waals surface area contributed by atoms with E-state index in [0.29, 0.717) is 0 Å². The van der Waals surface area contributed by atoms with E-state index >= 15 is 0 Å². The van der Waals surface area contributed by atoms with Crippen molar-refractivity contribution in [2.45, 2.75) is 13.8 Å². The largest absolute Gasteiger partial charge is 0.512 e. The smallest absolute Gasteiger partial charge is 0.155 e. The minimum Gasteiger partial charge on any atom is -0.512 e. The molecule has 0 fully saturated rings. The van der Waals surface area contributed by atoms with Crippen LogP contribution in [0.25, 0.3) is 0 Å². The summed E-state index contributed by atoms with van der Waals surface area (Å²) >= 11 is 0. The SMILES string of the molecule is CC(=O)/C=C(/C)O.[Ir]. The topological polar surface area (TPSA) is 37.3 Å². The molecule has 0 aliphatic rings. The van der Waals surface area contributed by atoms with Crippen LogP contribution in [0.2, 0.25) is 0 Å². The standard InChI is InChI=1S/C5H8O2.Ir/c1-4(6)3-5(2)7;/h3,6H,1-2H3;/b4-3-;. The molecule has 0 aliphatic heterocycles. The Kier molecular flexibility index (Phi) is 6.74. The molecule has 2 nitrogen and oxygen atoms in total. The van der Waals surface area contributed by atoms with E-state index in [1.807, 2.05) is 0 Å². The van der Waals surface area contributed by atoms with E-state index in [0.717, 1.165) is 0 Å². The van der Waals surface area contributed by atoms with Gasteiger partial charge in [-0.15, -0.1) is 0 Å². The maximum absolute atomic E-state index is 10.0. The molecule has 0 aromatic carbocycles. The summed E-state index contributed by atoms with van der Waals surface area (Å²) in [4.78, 5) is 10.0. The van der Waals surface area contributed by atoms with E-state index in [1.165, 1.54) is 19.9 Å². The second-order valence-electron chi connectivity index (χ2n) is 1.40. The number of carbonyl (C=O) groups is 1. The number of carbonyl (C=O) groups excluding carboxylic acids is 1. The molecule has 0 saturated carbocycles. The van der Waals surface area contributed by atoms with E-state index in [1.54, 1.807) is 0 Å². The van der Waals surface area contributed by atoms with E-state index in [2.05, 4.69) is 0 Å². The van der Waals surface area contributed by atoms with Gasteiger partial charge in [0, 0.05) is 26.2 Å². The molecule has 0 spiro atoms. The van der Waals surface area contributed by atoms with Crippen molar-refractivity contribution in [1.29, 1.82) is 0 Å². The summed E-state index contributed by atoms with van der Waals surface area (Å²) in [7, 11) is 0. The van der Waals surface area contributed by atoms with Gasteiger partial charge in [-0.2, -0.15) is 0 Å². The maximum Gasteiger partial charge on any atom is 0.155 e. The summed E-state index contributed by atoms with van der Waals surface area (Å²) in [6.45, 7) is 2.85. The van der Waals surface area contributed by atoms with Crippen molar-refractivity contribution >= 4 is 5.78 Å². The Labute approximate surface area is 61.9 Å². The third kappa shape index (κ3) is 9.29. The molecule has 0 atom stereocenters. The van der Waals surface area contributed by atoms with Crippen LogP contribution < -0.4 is 0 Å². The minimum absolute atomic E-state index is 0. The van der Waals surface area contributed by atoms with Gasteiger partial charge in [0.2, 0.25) is 0 Å². The molecular formula is C5H8IrO2. The number of aliphatic hydroxyl groups excluding tert-OH is 1. The molecule has 0 rings (SSSR count). The molecule has 0 aliphatic carbocycles. The number of aliphatic hydroxyl groups is 1. The predicted molar refractivity (Wildman–Crippen MR) is 27.1 cm³/mol. The van der Waals surface area contributed by atoms with Gasteiger partial charge in [-0.1, -0.05) is 0 Å². The normalized spacial score (nSPS) is 10.0. The molecule has 3 heteroatoms. The maximum atomic E-state index is 10.0. The van der Waals surface area contributed by atoms with Crippen molar-refractivity contribution in [3.8, 4) is 0 Å². The molecule has 1 radical (unpaired) electrons. The van der Waals surface area contributed by atoms with Gasteiger partial charge in [0.1, 0.15) is 0 Å². The Morgan fingerprint density at radius 1 is 1.50 bits per heavy atom. The molecule has 0 amide bonds. The molecule has 0 saturated heterocycles. The molecule has 49 valence electrons. The Morgan fingerprint density at radius 3 is 1.88 bits per heavy atom. The first kappa shape index (κ1) is 10.8. The van der Waals surface area contributed by atoms with Crippen molar-refractivity contribution < 1.29 is 30.0 Å². The second-order valence-corrected chi connectivity index (χ2v) is 1.40. The summed E-state index contributed by atoms with van der Waals surface area (Å²) < 4.78 is 0. The van der Waals surface area contributed by atoms with Gasteiger partial charge in [0.25, 0.3) is 0 Å². The monoisotopic (exact) mass is 293 g/mol. The van der Waals surface area contributed by atoms with Gasteiger partial charge < -0.3 is 5.11 Å². The third-order valence-electron chi connectivity index (χ3n) is 0.412. The van der Waals surface area contributed by atoms with Gasteiger partial charge >= 0.3 is 0 Å². The fourth-order valence-electron chi connectivity index (χ4n) is 0.294. The number of ketones is 1. The van der Waals surface area contributed by atoms with Crippen molar-refractivity contribution in [2.24, 2.45) is 0 Å². The van der Waals surface area contributed by atoms with Crippen LogP contribution in [0.4, 0.5) is 0 Å². The average Bonchev–Trinajstić information content (AvgIpc) is 1.27. The van der Waals surface area contributed by atoms with Crippen LogP contribution in [0.5, 0.6) is 0 Å². The second kappa shape index (κ2) is 5.01. The summed E-state index contributed by atoms with van der Waals surface area (Å²) in [6, 6.07) is 0. The van der Waals surface area contributed by atoms with Crippen molar-refractivity contribution in [2.75, 3.05) is 0 Å². The first-order valence-corrected chi connectivity index (χ1v) is 2.01. The average molecular weight is 292 g/mol. The summed E-state index contributed by atoms with van der Waals surface area (Å²) in [6.07, 6.45) is 1.17. The van der Waals surface area contributed by atoms with Gasteiger partial charge in [0.05, 0.1) is 5.76 Å². The van der Waals surface area contributed by atoms with Crippen LogP contribution in [-0.4, -0.2) is 10.9 Å². The quantitative estimate of drug-likeness (QED) is 0.579. The Bertz CT molecular complexity index is 103. The minimum atomic E-state index is -0.125. The van der Waals surface area contributed by atoms with Gasteiger partial charge in [-0.25, -0.2) is 0 Å². The first-order chi connectivity index (χ1) is 3.13. The van der Waals surface area contributed by atoms with Crippen LogP contribution in [0, 0.1) is 0 Å². The van der Waals surface area contributed by atoms with Crippen LogP contribution in [0.1, 0.15) is 13.8 Å². The Hall–Kier alpha value is -0.141. The van der Waals surface area contributed by atoms with Gasteiger partial charge in [-0.05, 0) is 13.8 Å². The van der Waals surface area contributed by atoms with E-state index in [-0.39, 0.29) is 31.6 Å².